The number of hydrogen-bond donors (Lipinski definition) is 1. The number of aromatic amines is 1. The molecule has 1 N–H and O–H groups in total. The summed E-state index contributed by atoms with van der Waals surface area (Å²) in [6.45, 7) is 5.04. The number of aromatic nitrogens is 1. The summed E-state index contributed by atoms with van der Waals surface area (Å²) in [4.78, 5) is 5.84. The molecule has 5 rings (SSSR count). The third-order valence-corrected chi connectivity index (χ3v) is 7.05. The number of nitrogens with one attached hydrogen (secondary N) is 1. The van der Waals surface area contributed by atoms with Crippen LogP contribution in [-0.2, 0) is 0 Å². The number of alkyl halides is 1. The normalized spacial score (nSPS) is 15.2. The Balaban J connectivity index is 1.46. The average molecular weight is 489 g/mol. The van der Waals surface area contributed by atoms with Crippen molar-refractivity contribution in [2.45, 2.75) is 13.3 Å². The summed E-state index contributed by atoms with van der Waals surface area (Å²) in [5.41, 5.74) is 6.66. The highest BCUT2D eigenvalue weighted by Gasteiger charge is 2.25. The molecular formula is C30H30ClFN2O. The molecule has 3 nitrogen and oxygen atoms in total. The zero-order chi connectivity index (χ0) is 24.2. The van der Waals surface area contributed by atoms with Gasteiger partial charge < -0.3 is 9.72 Å². The standard InChI is InChI=1S/C30H30ClFN2O/c1-2-25(26-8-4-5-9-27(26)31)30(29-17-23-7-3-6-10-28(23)33-29)22-11-13-24(14-12-22)35-16-15-34-19-21(18-32)20-34/h3-14,17,21,33H,2,15-16,18-20H2,1H3/b30-25+. The summed E-state index contributed by atoms with van der Waals surface area (Å²) in [6, 6.07) is 26.8. The smallest absolute Gasteiger partial charge is 0.119 e. The van der Waals surface area contributed by atoms with Crippen molar-refractivity contribution in [3.8, 4) is 5.75 Å². The van der Waals surface area contributed by atoms with Gasteiger partial charge in [0.2, 0.25) is 0 Å². The van der Waals surface area contributed by atoms with Crippen LogP contribution in [0.15, 0.2) is 78.9 Å². The lowest BCUT2D eigenvalue weighted by atomic mass is 9.90. The maximum Gasteiger partial charge on any atom is 0.119 e. The van der Waals surface area contributed by atoms with Crippen molar-refractivity contribution in [1.82, 2.24) is 9.88 Å². The van der Waals surface area contributed by atoms with Crippen LogP contribution in [-0.4, -0.2) is 42.8 Å². The van der Waals surface area contributed by atoms with Crippen molar-refractivity contribution in [3.63, 3.8) is 0 Å². The molecule has 0 saturated carbocycles. The van der Waals surface area contributed by atoms with Gasteiger partial charge in [0.15, 0.2) is 0 Å². The minimum absolute atomic E-state index is 0.204. The van der Waals surface area contributed by atoms with Crippen LogP contribution < -0.4 is 4.74 Å². The summed E-state index contributed by atoms with van der Waals surface area (Å²) in [5, 5.41) is 1.93. The van der Waals surface area contributed by atoms with Crippen molar-refractivity contribution < 1.29 is 9.13 Å². The molecule has 1 aliphatic rings. The van der Waals surface area contributed by atoms with Crippen molar-refractivity contribution in [3.05, 3.63) is 101 Å². The van der Waals surface area contributed by atoms with E-state index in [1.165, 1.54) is 11.0 Å². The Morgan fingerprint density at radius 2 is 1.77 bits per heavy atom. The molecule has 35 heavy (non-hydrogen) atoms. The fourth-order valence-corrected chi connectivity index (χ4v) is 5.13. The van der Waals surface area contributed by atoms with Gasteiger partial charge in [-0.25, -0.2) is 0 Å². The number of fused-ring (bicyclic) bond motifs is 1. The van der Waals surface area contributed by atoms with Crippen LogP contribution in [0.5, 0.6) is 5.75 Å². The Labute approximate surface area is 211 Å². The number of benzene rings is 3. The van der Waals surface area contributed by atoms with Crippen LogP contribution in [0.2, 0.25) is 5.02 Å². The van der Waals surface area contributed by atoms with Crippen LogP contribution in [0.1, 0.15) is 30.2 Å². The molecule has 0 amide bonds. The molecule has 1 aliphatic heterocycles. The van der Waals surface area contributed by atoms with Gasteiger partial charge in [0.1, 0.15) is 12.4 Å². The van der Waals surface area contributed by atoms with Crippen LogP contribution in [0.3, 0.4) is 0 Å². The Bertz CT molecular complexity index is 1290. The zero-order valence-corrected chi connectivity index (χ0v) is 20.7. The predicted molar refractivity (Wildman–Crippen MR) is 144 cm³/mol. The first-order chi connectivity index (χ1) is 17.2. The second-order valence-corrected chi connectivity index (χ2v) is 9.52. The first-order valence-corrected chi connectivity index (χ1v) is 12.6. The van der Waals surface area contributed by atoms with Gasteiger partial charge in [0, 0.05) is 52.7 Å². The third kappa shape index (κ3) is 5.14. The minimum atomic E-state index is -0.223. The number of halogens is 2. The molecule has 180 valence electrons. The number of rotatable bonds is 9. The zero-order valence-electron chi connectivity index (χ0n) is 19.9. The van der Waals surface area contributed by atoms with Gasteiger partial charge in [0.25, 0.3) is 0 Å². The van der Waals surface area contributed by atoms with E-state index in [0.717, 1.165) is 64.7 Å². The lowest BCUT2D eigenvalue weighted by Gasteiger charge is -2.37. The molecule has 0 atom stereocenters. The van der Waals surface area contributed by atoms with E-state index in [1.807, 2.05) is 36.4 Å². The summed E-state index contributed by atoms with van der Waals surface area (Å²) in [7, 11) is 0. The van der Waals surface area contributed by atoms with Crippen LogP contribution in [0.4, 0.5) is 4.39 Å². The third-order valence-electron chi connectivity index (χ3n) is 6.72. The lowest BCUT2D eigenvalue weighted by Crippen LogP contribution is -2.49. The van der Waals surface area contributed by atoms with E-state index in [0.29, 0.717) is 6.61 Å². The second kappa shape index (κ2) is 10.7. The second-order valence-electron chi connectivity index (χ2n) is 9.11. The van der Waals surface area contributed by atoms with E-state index in [-0.39, 0.29) is 12.6 Å². The summed E-state index contributed by atoms with van der Waals surface area (Å²) < 4.78 is 18.6. The molecule has 0 radical (unpaired) electrons. The predicted octanol–water partition coefficient (Wildman–Crippen LogP) is 7.47. The molecule has 5 heteroatoms. The number of hydrogen-bond acceptors (Lipinski definition) is 2. The highest BCUT2D eigenvalue weighted by molar-refractivity contribution is 6.32. The maximum atomic E-state index is 12.6. The van der Waals surface area contributed by atoms with E-state index in [1.54, 1.807) is 0 Å². The highest BCUT2D eigenvalue weighted by Crippen LogP contribution is 2.38. The van der Waals surface area contributed by atoms with E-state index < -0.39 is 0 Å². The topological polar surface area (TPSA) is 28.3 Å². The number of H-pyrrole nitrogens is 1. The SMILES string of the molecule is CC/C(=C(/c1ccc(OCCN2CC(CF)C2)cc1)c1cc2ccccc2[nH]1)c1ccccc1Cl. The van der Waals surface area contributed by atoms with Crippen molar-refractivity contribution in [2.75, 3.05) is 32.9 Å². The number of likely N-dealkylation sites (tertiary alicyclic amines) is 1. The molecule has 0 spiro atoms. The van der Waals surface area contributed by atoms with Gasteiger partial charge in [0.05, 0.1) is 6.67 Å². The Morgan fingerprint density at radius 1 is 1.03 bits per heavy atom. The molecule has 2 heterocycles. The van der Waals surface area contributed by atoms with Crippen molar-refractivity contribution in [1.29, 1.82) is 0 Å². The number of ether oxygens (including phenoxy) is 1. The number of nitrogens with zero attached hydrogens (tertiary/aromatic N) is 1. The lowest BCUT2D eigenvalue weighted by molar-refractivity contribution is 0.0668. The van der Waals surface area contributed by atoms with E-state index >= 15 is 0 Å². The molecule has 3 aromatic carbocycles. The molecular weight excluding hydrogens is 459 g/mol. The molecule has 4 aromatic rings. The van der Waals surface area contributed by atoms with Gasteiger partial charge in [-0.2, -0.15) is 0 Å². The van der Waals surface area contributed by atoms with Crippen LogP contribution in [0.25, 0.3) is 22.0 Å². The minimum Gasteiger partial charge on any atom is -0.492 e. The quantitative estimate of drug-likeness (QED) is 0.247. The summed E-state index contributed by atoms with van der Waals surface area (Å²) in [5.74, 6) is 1.04. The van der Waals surface area contributed by atoms with Gasteiger partial charge >= 0.3 is 0 Å². The largest absolute Gasteiger partial charge is 0.492 e. The summed E-state index contributed by atoms with van der Waals surface area (Å²) in [6.07, 6.45) is 0.836. The number of allylic oxidation sites excluding steroid dienone is 1. The van der Waals surface area contributed by atoms with Crippen LogP contribution in [0, 0.1) is 5.92 Å². The molecule has 0 bridgehead atoms. The highest BCUT2D eigenvalue weighted by atomic mass is 35.5. The van der Waals surface area contributed by atoms with Crippen LogP contribution >= 0.6 is 11.6 Å². The fourth-order valence-electron chi connectivity index (χ4n) is 4.88. The molecule has 1 aromatic heterocycles. The van der Waals surface area contributed by atoms with Crippen molar-refractivity contribution >= 4 is 33.7 Å². The van der Waals surface area contributed by atoms with Gasteiger partial charge in [-0.1, -0.05) is 67.1 Å². The van der Waals surface area contributed by atoms with Gasteiger partial charge in [-0.3, -0.25) is 9.29 Å². The first-order valence-electron chi connectivity index (χ1n) is 12.2. The molecule has 1 saturated heterocycles. The van der Waals surface area contributed by atoms with Gasteiger partial charge in [-0.15, -0.1) is 0 Å². The van der Waals surface area contributed by atoms with Gasteiger partial charge in [-0.05, 0) is 53.5 Å². The summed E-state index contributed by atoms with van der Waals surface area (Å²) >= 11 is 6.65. The number of para-hydroxylation sites is 1. The van der Waals surface area contributed by atoms with E-state index in [2.05, 4.69) is 59.3 Å². The van der Waals surface area contributed by atoms with E-state index in [4.69, 9.17) is 16.3 Å². The van der Waals surface area contributed by atoms with E-state index in [9.17, 15) is 4.39 Å². The molecule has 0 aliphatic carbocycles. The Hall–Kier alpha value is -3.08. The molecule has 0 unspecified atom stereocenters. The molecule has 1 fully saturated rings. The Morgan fingerprint density at radius 3 is 2.49 bits per heavy atom. The monoisotopic (exact) mass is 488 g/mol. The first kappa shape index (κ1) is 23.7. The fraction of sp³-hybridized carbons (Fsp3) is 0.267. The van der Waals surface area contributed by atoms with Crippen molar-refractivity contribution in [2.24, 2.45) is 5.92 Å². The maximum absolute atomic E-state index is 12.6. The Kier molecular flexibility index (Phi) is 7.21. The average Bonchev–Trinajstić information content (AvgIpc) is 3.29.